The van der Waals surface area contributed by atoms with Crippen LogP contribution in [0.5, 0.6) is 0 Å². The Morgan fingerprint density at radius 1 is 1.47 bits per heavy atom. The number of hydrogen-bond acceptors (Lipinski definition) is 2. The van der Waals surface area contributed by atoms with Crippen LogP contribution in [0.25, 0.3) is 0 Å². The maximum atomic E-state index is 13.4. The summed E-state index contributed by atoms with van der Waals surface area (Å²) in [7, 11) is 0. The summed E-state index contributed by atoms with van der Waals surface area (Å²) in [5.74, 6) is -0.199. The number of nitrogens with one attached hydrogen (secondary N) is 1. The minimum atomic E-state index is -0.738. The highest BCUT2D eigenvalue weighted by atomic mass is 19.1. The van der Waals surface area contributed by atoms with E-state index in [1.807, 2.05) is 13.0 Å². The lowest BCUT2D eigenvalue weighted by Gasteiger charge is -2.39. The summed E-state index contributed by atoms with van der Waals surface area (Å²) >= 11 is 0. The van der Waals surface area contributed by atoms with E-state index in [0.29, 0.717) is 24.4 Å². The molecule has 0 aromatic heterocycles. The predicted molar refractivity (Wildman–Crippen MR) is 74.3 cm³/mol. The SMILES string of the molecule is Cc1cc(F)cc(NC2(C(N)=O)CCCC(C)C2)c1. The third kappa shape index (κ3) is 3.06. The molecule has 1 fully saturated rings. The molecule has 2 unspecified atom stereocenters. The zero-order valence-electron chi connectivity index (χ0n) is 11.5. The van der Waals surface area contributed by atoms with Crippen LogP contribution in [-0.4, -0.2) is 11.4 Å². The van der Waals surface area contributed by atoms with Gasteiger partial charge in [-0.25, -0.2) is 4.39 Å². The molecule has 3 nitrogen and oxygen atoms in total. The zero-order chi connectivity index (χ0) is 14.0. The van der Waals surface area contributed by atoms with Crippen LogP contribution in [0.1, 0.15) is 38.2 Å². The normalized spacial score (nSPS) is 27.0. The maximum Gasteiger partial charge on any atom is 0.243 e. The number of rotatable bonds is 3. The molecule has 2 rings (SSSR count). The van der Waals surface area contributed by atoms with Crippen molar-refractivity contribution in [3.63, 3.8) is 0 Å². The molecule has 4 heteroatoms. The van der Waals surface area contributed by atoms with E-state index in [-0.39, 0.29) is 11.7 Å². The first-order valence-electron chi connectivity index (χ1n) is 6.76. The predicted octanol–water partition coefficient (Wildman–Crippen LogP) is 2.98. The van der Waals surface area contributed by atoms with E-state index in [0.717, 1.165) is 18.4 Å². The molecule has 0 saturated heterocycles. The van der Waals surface area contributed by atoms with Gasteiger partial charge in [0.25, 0.3) is 0 Å². The van der Waals surface area contributed by atoms with Crippen LogP contribution >= 0.6 is 0 Å². The summed E-state index contributed by atoms with van der Waals surface area (Å²) in [6, 6.07) is 4.72. The highest BCUT2D eigenvalue weighted by Crippen LogP contribution is 2.35. The zero-order valence-corrected chi connectivity index (χ0v) is 11.5. The van der Waals surface area contributed by atoms with Gasteiger partial charge in [-0.15, -0.1) is 0 Å². The Balaban J connectivity index is 2.28. The fraction of sp³-hybridized carbons (Fsp3) is 0.533. The standard InChI is InChI=1S/C15H21FN2O/c1-10-4-3-5-15(9-10,14(17)19)18-13-7-11(2)6-12(16)8-13/h6-8,10,18H,3-5,9H2,1-2H3,(H2,17,19). The lowest BCUT2D eigenvalue weighted by atomic mass is 9.75. The van der Waals surface area contributed by atoms with E-state index in [4.69, 9.17) is 5.73 Å². The number of anilines is 1. The van der Waals surface area contributed by atoms with Crippen molar-refractivity contribution in [2.45, 2.75) is 45.1 Å². The van der Waals surface area contributed by atoms with Gasteiger partial charge < -0.3 is 11.1 Å². The van der Waals surface area contributed by atoms with Crippen molar-refractivity contribution in [1.82, 2.24) is 0 Å². The van der Waals surface area contributed by atoms with E-state index < -0.39 is 5.54 Å². The van der Waals surface area contributed by atoms with Crippen molar-refractivity contribution >= 4 is 11.6 Å². The Labute approximate surface area is 113 Å². The van der Waals surface area contributed by atoms with Gasteiger partial charge in [-0.2, -0.15) is 0 Å². The number of hydrogen-bond donors (Lipinski definition) is 2. The molecule has 2 atom stereocenters. The number of aryl methyl sites for hydroxylation is 1. The van der Waals surface area contributed by atoms with Crippen LogP contribution in [0.2, 0.25) is 0 Å². The van der Waals surface area contributed by atoms with Gasteiger partial charge in [-0.05, 0) is 49.4 Å². The van der Waals surface area contributed by atoms with Crippen LogP contribution in [0.4, 0.5) is 10.1 Å². The first kappa shape index (κ1) is 13.8. The summed E-state index contributed by atoms with van der Waals surface area (Å²) in [6.45, 7) is 3.95. The molecule has 0 bridgehead atoms. The second-order valence-electron chi connectivity index (χ2n) is 5.79. The number of nitrogens with two attached hydrogens (primary N) is 1. The molecule has 1 saturated carbocycles. The van der Waals surface area contributed by atoms with Crippen LogP contribution in [0.15, 0.2) is 18.2 Å². The van der Waals surface area contributed by atoms with Crippen molar-refractivity contribution in [3.8, 4) is 0 Å². The Hall–Kier alpha value is -1.58. The summed E-state index contributed by atoms with van der Waals surface area (Å²) < 4.78 is 13.4. The fourth-order valence-corrected chi connectivity index (χ4v) is 3.04. The largest absolute Gasteiger partial charge is 0.371 e. The second kappa shape index (κ2) is 5.19. The van der Waals surface area contributed by atoms with Crippen molar-refractivity contribution in [3.05, 3.63) is 29.6 Å². The number of primary amides is 1. The van der Waals surface area contributed by atoms with E-state index in [2.05, 4.69) is 12.2 Å². The Morgan fingerprint density at radius 2 is 2.21 bits per heavy atom. The van der Waals surface area contributed by atoms with E-state index in [1.165, 1.54) is 12.1 Å². The Morgan fingerprint density at radius 3 is 2.79 bits per heavy atom. The lowest BCUT2D eigenvalue weighted by molar-refractivity contribution is -0.123. The van der Waals surface area contributed by atoms with Crippen LogP contribution in [0, 0.1) is 18.7 Å². The molecule has 1 aromatic carbocycles. The van der Waals surface area contributed by atoms with Crippen molar-refractivity contribution in [2.75, 3.05) is 5.32 Å². The first-order chi connectivity index (χ1) is 8.91. The third-order valence-electron chi connectivity index (χ3n) is 3.89. The molecule has 1 aliphatic rings. The molecule has 1 aromatic rings. The summed E-state index contributed by atoms with van der Waals surface area (Å²) in [5.41, 5.74) is 6.31. The monoisotopic (exact) mass is 264 g/mol. The summed E-state index contributed by atoms with van der Waals surface area (Å²) in [5, 5.41) is 3.19. The molecular formula is C15H21FN2O. The highest BCUT2D eigenvalue weighted by molar-refractivity contribution is 5.88. The van der Waals surface area contributed by atoms with Gasteiger partial charge in [0, 0.05) is 5.69 Å². The van der Waals surface area contributed by atoms with Gasteiger partial charge >= 0.3 is 0 Å². The molecule has 1 aliphatic carbocycles. The van der Waals surface area contributed by atoms with Crippen molar-refractivity contribution < 1.29 is 9.18 Å². The molecule has 0 aliphatic heterocycles. The molecule has 1 amide bonds. The van der Waals surface area contributed by atoms with Crippen molar-refractivity contribution in [1.29, 1.82) is 0 Å². The maximum absolute atomic E-state index is 13.4. The number of benzene rings is 1. The number of halogens is 1. The number of carbonyl (C=O) groups excluding carboxylic acids is 1. The summed E-state index contributed by atoms with van der Waals surface area (Å²) in [4.78, 5) is 11.9. The van der Waals surface area contributed by atoms with Gasteiger partial charge in [-0.3, -0.25) is 4.79 Å². The van der Waals surface area contributed by atoms with E-state index in [1.54, 1.807) is 0 Å². The van der Waals surface area contributed by atoms with E-state index in [9.17, 15) is 9.18 Å². The fourth-order valence-electron chi connectivity index (χ4n) is 3.04. The van der Waals surface area contributed by atoms with E-state index >= 15 is 0 Å². The van der Waals surface area contributed by atoms with Gasteiger partial charge in [0.15, 0.2) is 0 Å². The minimum absolute atomic E-state index is 0.300. The molecule has 19 heavy (non-hydrogen) atoms. The third-order valence-corrected chi connectivity index (χ3v) is 3.89. The van der Waals surface area contributed by atoms with Gasteiger partial charge in [0.2, 0.25) is 5.91 Å². The molecule has 0 heterocycles. The number of carbonyl (C=O) groups is 1. The van der Waals surface area contributed by atoms with Gasteiger partial charge in [0.1, 0.15) is 11.4 Å². The quantitative estimate of drug-likeness (QED) is 0.881. The second-order valence-corrected chi connectivity index (χ2v) is 5.79. The smallest absolute Gasteiger partial charge is 0.243 e. The number of amides is 1. The molecule has 0 radical (unpaired) electrons. The Kier molecular flexibility index (Phi) is 3.78. The average molecular weight is 264 g/mol. The van der Waals surface area contributed by atoms with Crippen molar-refractivity contribution in [2.24, 2.45) is 11.7 Å². The molecule has 0 spiro atoms. The summed E-state index contributed by atoms with van der Waals surface area (Å²) in [6.07, 6.45) is 3.49. The van der Waals surface area contributed by atoms with Gasteiger partial charge in [-0.1, -0.05) is 19.8 Å². The highest BCUT2D eigenvalue weighted by Gasteiger charge is 2.40. The van der Waals surface area contributed by atoms with Gasteiger partial charge in [0.05, 0.1) is 0 Å². The van der Waals surface area contributed by atoms with Crippen LogP contribution in [0.3, 0.4) is 0 Å². The molecule has 104 valence electrons. The topological polar surface area (TPSA) is 55.1 Å². The average Bonchev–Trinajstić information content (AvgIpc) is 2.26. The lowest BCUT2D eigenvalue weighted by Crippen LogP contribution is -2.53. The molecular weight excluding hydrogens is 243 g/mol. The van der Waals surface area contributed by atoms with Crippen LogP contribution < -0.4 is 11.1 Å². The minimum Gasteiger partial charge on any atom is -0.371 e. The first-order valence-corrected chi connectivity index (χ1v) is 6.76. The Bertz CT molecular complexity index is 469. The molecule has 3 N–H and O–H groups in total. The van der Waals surface area contributed by atoms with Crippen LogP contribution in [-0.2, 0) is 4.79 Å².